The summed E-state index contributed by atoms with van der Waals surface area (Å²) in [6.45, 7) is 4.46. The molecule has 0 aliphatic carbocycles. The predicted octanol–water partition coefficient (Wildman–Crippen LogP) is 4.72. The van der Waals surface area contributed by atoms with Crippen LogP contribution in [0.15, 0.2) is 36.4 Å². The number of nitrogens with zero attached hydrogens (tertiary/aromatic N) is 1. The van der Waals surface area contributed by atoms with E-state index >= 15 is 0 Å². The normalized spacial score (nSPS) is 18.8. The Morgan fingerprint density at radius 3 is 2.63 bits per heavy atom. The standard InChI is InChI=1S/C22H24ClNO5S/c1-12(2)11-24-16-8-7-13(23)9-15(16)21(30-18(22(24)28)10-19(26)27)14-5-4-6-17(25)20(14)29-3/h4-9,12,18,21,25H,10-11H2,1-3H3,(H,26,27)/t18-,21-/m1/s1. The van der Waals surface area contributed by atoms with Crippen LogP contribution in [-0.2, 0) is 9.59 Å². The maximum absolute atomic E-state index is 13.4. The summed E-state index contributed by atoms with van der Waals surface area (Å²) in [5, 5.41) is 19.0. The number of phenolic OH excluding ortho intramolecular Hbond substituents is 1. The second kappa shape index (κ2) is 9.18. The molecule has 0 aromatic heterocycles. The molecule has 2 N–H and O–H groups in total. The van der Waals surface area contributed by atoms with Gasteiger partial charge in [0, 0.05) is 22.8 Å². The minimum atomic E-state index is -1.05. The molecule has 2 aromatic rings. The molecule has 8 heteroatoms. The van der Waals surface area contributed by atoms with Crippen molar-refractivity contribution in [2.45, 2.75) is 30.8 Å². The van der Waals surface area contributed by atoms with E-state index in [1.165, 1.54) is 24.9 Å². The molecule has 0 unspecified atom stereocenters. The van der Waals surface area contributed by atoms with Crippen LogP contribution in [0.1, 0.15) is 36.6 Å². The van der Waals surface area contributed by atoms with E-state index < -0.39 is 16.5 Å². The Hall–Kier alpha value is -2.38. The largest absolute Gasteiger partial charge is 0.504 e. The van der Waals surface area contributed by atoms with Crippen LogP contribution in [0.5, 0.6) is 11.5 Å². The van der Waals surface area contributed by atoms with Gasteiger partial charge in [-0.05, 0) is 35.7 Å². The van der Waals surface area contributed by atoms with Gasteiger partial charge in [-0.1, -0.05) is 37.6 Å². The Labute approximate surface area is 184 Å². The number of fused-ring (bicyclic) bond motifs is 1. The molecule has 1 amide bonds. The number of rotatable bonds is 6. The van der Waals surface area contributed by atoms with Gasteiger partial charge in [-0.3, -0.25) is 9.59 Å². The van der Waals surface area contributed by atoms with Crippen LogP contribution in [0, 0.1) is 5.92 Å². The number of carboxylic acid groups (broad SMARTS) is 1. The Morgan fingerprint density at radius 1 is 1.27 bits per heavy atom. The molecule has 0 bridgehead atoms. The number of phenols is 1. The number of amides is 1. The molecule has 2 atom stereocenters. The van der Waals surface area contributed by atoms with Crippen molar-refractivity contribution >= 4 is 40.9 Å². The van der Waals surface area contributed by atoms with Gasteiger partial charge in [0.1, 0.15) is 0 Å². The zero-order chi connectivity index (χ0) is 22.0. The highest BCUT2D eigenvalue weighted by Gasteiger charge is 2.38. The molecule has 3 rings (SSSR count). The van der Waals surface area contributed by atoms with Crippen molar-refractivity contribution in [3.63, 3.8) is 0 Å². The number of hydrogen-bond acceptors (Lipinski definition) is 5. The highest BCUT2D eigenvalue weighted by molar-refractivity contribution is 8.01. The summed E-state index contributed by atoms with van der Waals surface area (Å²) < 4.78 is 5.44. The summed E-state index contributed by atoms with van der Waals surface area (Å²) in [6, 6.07) is 10.3. The number of anilines is 1. The number of carbonyl (C=O) groups excluding carboxylic acids is 1. The van der Waals surface area contributed by atoms with Gasteiger partial charge in [0.05, 0.1) is 24.0 Å². The number of carbonyl (C=O) groups is 2. The molecule has 1 aliphatic heterocycles. The predicted molar refractivity (Wildman–Crippen MR) is 119 cm³/mol. The summed E-state index contributed by atoms with van der Waals surface area (Å²) in [4.78, 5) is 26.6. The minimum Gasteiger partial charge on any atom is -0.504 e. The Bertz CT molecular complexity index is 965. The third kappa shape index (κ3) is 4.52. The quantitative estimate of drug-likeness (QED) is 0.663. The first-order chi connectivity index (χ1) is 14.2. The average molecular weight is 450 g/mol. The highest BCUT2D eigenvalue weighted by atomic mass is 35.5. The minimum absolute atomic E-state index is 0.0245. The molecule has 6 nitrogen and oxygen atoms in total. The molecule has 0 saturated heterocycles. The number of hydrogen-bond donors (Lipinski definition) is 2. The zero-order valence-electron chi connectivity index (χ0n) is 17.0. The third-order valence-electron chi connectivity index (χ3n) is 4.82. The van der Waals surface area contributed by atoms with Crippen LogP contribution in [0.4, 0.5) is 5.69 Å². The second-order valence-electron chi connectivity index (χ2n) is 7.55. The van der Waals surface area contributed by atoms with E-state index in [4.69, 9.17) is 16.3 Å². The monoisotopic (exact) mass is 449 g/mol. The van der Waals surface area contributed by atoms with Crippen LogP contribution in [-0.4, -0.2) is 41.0 Å². The fourth-order valence-electron chi connectivity index (χ4n) is 3.63. The summed E-state index contributed by atoms with van der Waals surface area (Å²) >= 11 is 7.55. The first-order valence-electron chi connectivity index (χ1n) is 9.56. The van der Waals surface area contributed by atoms with Crippen molar-refractivity contribution in [1.29, 1.82) is 0 Å². The van der Waals surface area contributed by atoms with E-state index in [1.807, 2.05) is 13.8 Å². The number of aliphatic carboxylic acids is 1. The van der Waals surface area contributed by atoms with Crippen LogP contribution < -0.4 is 9.64 Å². The van der Waals surface area contributed by atoms with Gasteiger partial charge >= 0.3 is 5.97 Å². The van der Waals surface area contributed by atoms with E-state index in [-0.39, 0.29) is 24.0 Å². The van der Waals surface area contributed by atoms with Gasteiger partial charge in [0.2, 0.25) is 5.91 Å². The summed E-state index contributed by atoms with van der Waals surface area (Å²) in [5.74, 6) is -0.847. The SMILES string of the molecule is COc1c(O)cccc1[C@H]1S[C@H](CC(=O)O)C(=O)N(CC(C)C)c2ccc(Cl)cc21. The third-order valence-corrected chi connectivity index (χ3v) is 6.54. The van der Waals surface area contributed by atoms with Gasteiger partial charge in [0.15, 0.2) is 11.5 Å². The first-order valence-corrected chi connectivity index (χ1v) is 10.9. The van der Waals surface area contributed by atoms with Crippen molar-refractivity contribution in [2.75, 3.05) is 18.6 Å². The molecule has 0 fully saturated rings. The number of benzene rings is 2. The number of para-hydroxylation sites is 1. The Morgan fingerprint density at radius 2 is 2.00 bits per heavy atom. The number of ether oxygens (including phenoxy) is 1. The molecule has 1 heterocycles. The Balaban J connectivity index is 2.25. The number of thioether (sulfide) groups is 1. The molecule has 0 saturated carbocycles. The lowest BCUT2D eigenvalue weighted by Crippen LogP contribution is -2.40. The van der Waals surface area contributed by atoms with Crippen molar-refractivity contribution in [1.82, 2.24) is 0 Å². The first kappa shape index (κ1) is 22.3. The molecular formula is C22H24ClNO5S. The van der Waals surface area contributed by atoms with Crippen LogP contribution >= 0.6 is 23.4 Å². The maximum Gasteiger partial charge on any atom is 0.305 e. The number of aromatic hydroxyl groups is 1. The molecular weight excluding hydrogens is 426 g/mol. The van der Waals surface area contributed by atoms with Crippen molar-refractivity contribution in [3.8, 4) is 11.5 Å². The van der Waals surface area contributed by atoms with Crippen LogP contribution in [0.2, 0.25) is 5.02 Å². The number of halogens is 1. The fourth-order valence-corrected chi connectivity index (χ4v) is 5.29. The lowest BCUT2D eigenvalue weighted by molar-refractivity contribution is -0.138. The molecule has 30 heavy (non-hydrogen) atoms. The maximum atomic E-state index is 13.4. The fraction of sp³-hybridized carbons (Fsp3) is 0.364. The van der Waals surface area contributed by atoms with Crippen molar-refractivity contribution in [3.05, 3.63) is 52.5 Å². The summed E-state index contributed by atoms with van der Waals surface area (Å²) in [5.41, 5.74) is 2.12. The van der Waals surface area contributed by atoms with Gasteiger partial charge in [-0.25, -0.2) is 0 Å². The van der Waals surface area contributed by atoms with E-state index in [9.17, 15) is 19.8 Å². The smallest absolute Gasteiger partial charge is 0.305 e. The van der Waals surface area contributed by atoms with E-state index in [0.717, 1.165) is 5.56 Å². The average Bonchev–Trinajstić information content (AvgIpc) is 2.77. The molecule has 2 aromatic carbocycles. The number of carboxylic acids is 1. The Kier molecular flexibility index (Phi) is 6.83. The lowest BCUT2D eigenvalue weighted by atomic mass is 10.00. The van der Waals surface area contributed by atoms with E-state index in [2.05, 4.69) is 0 Å². The van der Waals surface area contributed by atoms with E-state index in [1.54, 1.807) is 35.2 Å². The van der Waals surface area contributed by atoms with Crippen LogP contribution in [0.25, 0.3) is 0 Å². The molecule has 0 radical (unpaired) electrons. The molecule has 160 valence electrons. The molecule has 1 aliphatic rings. The topological polar surface area (TPSA) is 87.1 Å². The summed E-state index contributed by atoms with van der Waals surface area (Å²) in [6.07, 6.45) is -0.308. The zero-order valence-corrected chi connectivity index (χ0v) is 18.5. The summed E-state index contributed by atoms with van der Waals surface area (Å²) in [7, 11) is 1.46. The molecule has 0 spiro atoms. The second-order valence-corrected chi connectivity index (χ2v) is 9.30. The van der Waals surface area contributed by atoms with E-state index in [0.29, 0.717) is 28.6 Å². The van der Waals surface area contributed by atoms with Gasteiger partial charge < -0.3 is 19.8 Å². The van der Waals surface area contributed by atoms with Gasteiger partial charge in [0.25, 0.3) is 0 Å². The van der Waals surface area contributed by atoms with Gasteiger partial charge in [-0.15, -0.1) is 11.8 Å². The highest BCUT2D eigenvalue weighted by Crippen LogP contribution is 2.51. The van der Waals surface area contributed by atoms with Gasteiger partial charge in [-0.2, -0.15) is 0 Å². The van der Waals surface area contributed by atoms with Crippen molar-refractivity contribution in [2.24, 2.45) is 5.92 Å². The lowest BCUT2D eigenvalue weighted by Gasteiger charge is -2.27. The number of methoxy groups -OCH3 is 1. The van der Waals surface area contributed by atoms with Crippen LogP contribution in [0.3, 0.4) is 0 Å². The van der Waals surface area contributed by atoms with Crippen molar-refractivity contribution < 1.29 is 24.5 Å².